The molecule has 692 valence electrons. The molecule has 6 saturated heterocycles. The van der Waals surface area contributed by atoms with Crippen molar-refractivity contribution in [1.82, 2.24) is 0 Å². The quantitative estimate of drug-likeness (QED) is 0.212. The molecule has 2 aromatic carbocycles. The molecular weight excluding hydrogens is 1570 g/mol. The van der Waals surface area contributed by atoms with E-state index in [1.165, 1.54) is 119 Å². The molecule has 2 aromatic rings. The average molecular weight is 1780 g/mol. The largest absolute Gasteiger partial charge is 0.0998 e. The molecular formula is C113H205P7. The smallest absolute Gasteiger partial charge is 0.00368 e. The summed E-state index contributed by atoms with van der Waals surface area (Å²) in [7, 11) is 0.303. The maximum absolute atomic E-state index is 4.23. The Labute approximate surface area is 762 Å². The van der Waals surface area contributed by atoms with Crippen molar-refractivity contribution >= 4 is 61.5 Å². The van der Waals surface area contributed by atoms with Gasteiger partial charge in [0.2, 0.25) is 0 Å². The van der Waals surface area contributed by atoms with Crippen LogP contribution in [0.4, 0.5) is 0 Å². The van der Waals surface area contributed by atoms with Gasteiger partial charge >= 0.3 is 0 Å². The minimum Gasteiger partial charge on any atom is -0.0998 e. The predicted octanol–water partition coefficient (Wildman–Crippen LogP) is 40.0. The van der Waals surface area contributed by atoms with Crippen LogP contribution in [0.3, 0.4) is 0 Å². The van der Waals surface area contributed by atoms with E-state index in [1.54, 1.807) is 56.1 Å². The lowest BCUT2D eigenvalue weighted by Crippen LogP contribution is -2.45. The Balaban J connectivity index is 0.000000251. The Kier molecular flexibility index (Phi) is 36.7. The molecule has 11 rings (SSSR count). The minimum atomic E-state index is -0.0414. The molecule has 1 unspecified atom stereocenters. The van der Waals surface area contributed by atoms with Gasteiger partial charge in [0.1, 0.15) is 0 Å². The molecule has 1 atom stereocenters. The van der Waals surface area contributed by atoms with E-state index >= 15 is 0 Å². The van der Waals surface area contributed by atoms with Gasteiger partial charge in [-0.05, 0) is 249 Å². The van der Waals surface area contributed by atoms with Crippen LogP contribution in [0.5, 0.6) is 0 Å². The Hall–Kier alpha value is 0.410. The van der Waals surface area contributed by atoms with Crippen LogP contribution in [0.15, 0.2) is 102 Å². The summed E-state index contributed by atoms with van der Waals surface area (Å²) in [5.74, 6) is 1.73. The van der Waals surface area contributed by atoms with E-state index in [1.807, 2.05) is 0 Å². The molecule has 7 heteroatoms. The molecule has 0 nitrogen and oxygen atoms in total. The number of hydrogen-bond donors (Lipinski definition) is 0. The normalized spacial score (nSPS) is 29.2. The van der Waals surface area contributed by atoms with Crippen molar-refractivity contribution in [2.24, 2.45) is 11.8 Å². The van der Waals surface area contributed by atoms with E-state index in [0.717, 1.165) is 22.1 Å². The van der Waals surface area contributed by atoms with E-state index in [-0.39, 0.29) is 55.5 Å². The van der Waals surface area contributed by atoms with Crippen molar-refractivity contribution in [1.29, 1.82) is 0 Å². The summed E-state index contributed by atoms with van der Waals surface area (Å²) in [6, 6.07) is 21.9. The van der Waals surface area contributed by atoms with Crippen LogP contribution >= 0.6 is 55.5 Å². The molecule has 0 aromatic heterocycles. The predicted molar refractivity (Wildman–Crippen MR) is 572 cm³/mol. The fourth-order valence-electron chi connectivity index (χ4n) is 32.4. The first-order chi connectivity index (χ1) is 53.5. The first-order valence-electron chi connectivity index (χ1n) is 48.9. The molecule has 2 spiro atoms. The number of rotatable bonds is 3. The third kappa shape index (κ3) is 29.2. The van der Waals surface area contributed by atoms with Gasteiger partial charge in [0.15, 0.2) is 0 Å². The van der Waals surface area contributed by atoms with Gasteiger partial charge in [-0.25, -0.2) is 0 Å². The number of benzene rings is 2. The maximum atomic E-state index is 4.23. The number of hydrogen-bond acceptors (Lipinski definition) is 0. The van der Waals surface area contributed by atoms with Crippen molar-refractivity contribution in [2.45, 2.75) is 581 Å². The van der Waals surface area contributed by atoms with Gasteiger partial charge in [0, 0.05) is 5.16 Å². The summed E-state index contributed by atoms with van der Waals surface area (Å²) in [5, 5.41) is 10.6. The van der Waals surface area contributed by atoms with Crippen molar-refractivity contribution in [3.63, 3.8) is 0 Å². The Morgan fingerprint density at radius 2 is 0.600 bits per heavy atom. The van der Waals surface area contributed by atoms with Crippen LogP contribution < -0.4 is 0 Å². The van der Waals surface area contributed by atoms with Crippen LogP contribution in [0.25, 0.3) is 6.08 Å². The first-order valence-corrected chi connectivity index (χ1v) is 58.3. The standard InChI is InChI=1S/C20H33P.C20H31P.C17H31P.C15H29P.C14H29P.C14H27P.C13H25P/c2*1-18(2,3)21-19(4,5)14-17(15-20(21,6)7)13-16-11-9-8-10-12-16;1-15(2,3)18-16(9-4-5-10-16)13-8-14-17(18)11-6-7-12-17;1-9-12-10-14(5,6)16(13(2,3)4)15(7,8)11-12;2*1-11-9-13(5,6)15(12(2,3)4)14(7,8)10-11;1-11(2,3)14-12(4,5)9-8-10-13(14,6)7/h8-12,17H,13-15H2,1-7H3;8-13H,14-15H2,1-7H3;4-14H2,1-3H3;9H,10-11H2,1-8H3;11H,9-10H2,1-8H3;1,9-10H2,2-8H3;8-9H,10H2,1-7H3. The van der Waals surface area contributed by atoms with E-state index in [2.05, 4.69) is 417 Å². The van der Waals surface area contributed by atoms with Gasteiger partial charge in [-0.2, -0.15) is 0 Å². The van der Waals surface area contributed by atoms with E-state index in [0.29, 0.717) is 98.0 Å². The van der Waals surface area contributed by atoms with E-state index < -0.39 is 0 Å². The maximum Gasteiger partial charge on any atom is 0.00368 e. The zero-order valence-electron chi connectivity index (χ0n) is 89.3. The van der Waals surface area contributed by atoms with Crippen LogP contribution in [-0.2, 0) is 6.42 Å². The lowest BCUT2D eigenvalue weighted by atomic mass is 9.83. The zero-order valence-corrected chi connectivity index (χ0v) is 95.6. The summed E-state index contributed by atoms with van der Waals surface area (Å²) in [6.45, 7) is 120. The van der Waals surface area contributed by atoms with Gasteiger partial charge in [0.25, 0.3) is 0 Å². The van der Waals surface area contributed by atoms with Crippen LogP contribution in [-0.4, -0.2) is 108 Å². The van der Waals surface area contributed by atoms with Crippen LogP contribution in [0.2, 0.25) is 0 Å². The van der Waals surface area contributed by atoms with Gasteiger partial charge in [-0.15, -0.1) is 0 Å². The second-order valence-corrected chi connectivity index (χ2v) is 85.4. The highest BCUT2D eigenvalue weighted by molar-refractivity contribution is 7.65. The van der Waals surface area contributed by atoms with Crippen LogP contribution in [0.1, 0.15) is 478 Å². The van der Waals surface area contributed by atoms with Gasteiger partial charge in [-0.1, -0.05) is 514 Å². The Bertz CT molecular complexity index is 3520. The third-order valence-electron chi connectivity index (χ3n) is 28.6. The summed E-state index contributed by atoms with van der Waals surface area (Å²) >= 11 is 0. The molecule has 2 aliphatic carbocycles. The second kappa shape index (κ2) is 39.7. The average Bonchev–Trinajstić information content (AvgIpc) is 1.51. The lowest BCUT2D eigenvalue weighted by Gasteiger charge is -2.59. The molecule has 0 bridgehead atoms. The van der Waals surface area contributed by atoms with E-state index in [4.69, 9.17) is 0 Å². The Morgan fingerprint density at radius 1 is 0.325 bits per heavy atom. The molecule has 9 aliphatic rings. The highest BCUT2D eigenvalue weighted by atomic mass is 31.1. The minimum absolute atomic E-state index is 0.000546. The molecule has 0 amide bonds. The molecule has 120 heavy (non-hydrogen) atoms. The molecule has 8 fully saturated rings. The monoisotopic (exact) mass is 1780 g/mol. The van der Waals surface area contributed by atoms with Crippen molar-refractivity contribution < 1.29 is 0 Å². The van der Waals surface area contributed by atoms with Crippen molar-refractivity contribution in [2.75, 3.05) is 0 Å². The van der Waals surface area contributed by atoms with Gasteiger partial charge in [-0.3, -0.25) is 0 Å². The summed E-state index contributed by atoms with van der Waals surface area (Å²) in [4.78, 5) is 0. The molecule has 2 saturated carbocycles. The highest BCUT2D eigenvalue weighted by Gasteiger charge is 2.60. The van der Waals surface area contributed by atoms with Crippen molar-refractivity contribution in [3.8, 4) is 0 Å². The van der Waals surface area contributed by atoms with Crippen LogP contribution in [0, 0.1) is 11.8 Å². The topological polar surface area (TPSA) is 0 Å². The summed E-state index contributed by atoms with van der Waals surface area (Å²) < 4.78 is 0. The summed E-state index contributed by atoms with van der Waals surface area (Å²) in [6.07, 6.45) is 42.4. The van der Waals surface area contributed by atoms with Gasteiger partial charge < -0.3 is 0 Å². The van der Waals surface area contributed by atoms with Gasteiger partial charge in [0.05, 0.1) is 0 Å². The van der Waals surface area contributed by atoms with Crippen molar-refractivity contribution in [3.05, 3.63) is 113 Å². The molecule has 0 N–H and O–H groups in total. The number of allylic oxidation sites excluding steroid dienone is 6. The summed E-state index contributed by atoms with van der Waals surface area (Å²) in [5.41, 5.74) is 7.60. The first kappa shape index (κ1) is 111. The fraction of sp³-hybridized carbons (Fsp3) is 0.823. The second-order valence-electron chi connectivity index (χ2n) is 54.9. The molecule has 7 aliphatic heterocycles. The zero-order chi connectivity index (χ0) is 92.7. The lowest BCUT2D eigenvalue weighted by molar-refractivity contribution is 0.328. The fourth-order valence-corrected chi connectivity index (χ4v) is 74.6. The highest BCUT2D eigenvalue weighted by Crippen LogP contribution is 2.81. The molecule has 0 radical (unpaired) electrons. The molecule has 7 heterocycles. The Morgan fingerprint density at radius 3 is 0.892 bits per heavy atom. The SMILES string of the molecule is C=C1CC(C)(C)P(C(C)(C)C)C(C)(C)C1.CC(C)(C)P1C(C)(C)C=CCC1(C)C.CC(C)(C)P1C(C)(C)CC(=Cc2ccccc2)CC1(C)C.CC(C)(C)P1C(C)(C)CC(Cc2ccccc2)CC1(C)C.CC(C)(C)P1C2(CCCC2)CCCC12CCCC2.CC1CC(C)(C)P(C(C)(C)C)C(C)(C)C1.CC=C1CC(C)(C)P(C(C)(C)C)C(C)(C)C1. The van der Waals surface area contributed by atoms with E-state index in [9.17, 15) is 0 Å². The third-order valence-corrected chi connectivity index (χ3v) is 57.7.